The maximum absolute atomic E-state index is 12.6. The van der Waals surface area contributed by atoms with E-state index >= 15 is 0 Å². The van der Waals surface area contributed by atoms with Crippen LogP contribution in [0.15, 0.2) is 35.7 Å². The van der Waals surface area contributed by atoms with Crippen molar-refractivity contribution in [3.05, 3.63) is 46.4 Å². The molecule has 1 amide bonds. The first-order valence-electron chi connectivity index (χ1n) is 9.63. The number of halogens is 1. The van der Waals surface area contributed by atoms with Gasteiger partial charge in [-0.25, -0.2) is 4.98 Å². The Labute approximate surface area is 188 Å². The summed E-state index contributed by atoms with van der Waals surface area (Å²) in [7, 11) is 3.18. The van der Waals surface area contributed by atoms with Crippen LogP contribution in [0.4, 0.5) is 5.69 Å². The fraction of sp³-hybridized carbons (Fsp3) is 0.273. The first-order chi connectivity index (χ1) is 15.1. The highest BCUT2D eigenvalue weighted by molar-refractivity contribution is 7.13. The van der Waals surface area contributed by atoms with Gasteiger partial charge in [0.05, 0.1) is 50.3 Å². The van der Waals surface area contributed by atoms with E-state index in [0.29, 0.717) is 52.6 Å². The summed E-state index contributed by atoms with van der Waals surface area (Å²) in [5, 5.41) is 5.88. The number of ether oxygens (including phenoxy) is 4. The molecule has 3 aromatic rings. The number of carbonyl (C=O) groups excluding carboxylic acids is 1. The normalized spacial score (nSPS) is 12.7. The van der Waals surface area contributed by atoms with Crippen molar-refractivity contribution in [3.63, 3.8) is 0 Å². The minimum atomic E-state index is -0.222. The number of hydrogen-bond acceptors (Lipinski definition) is 7. The maximum atomic E-state index is 12.6. The predicted molar refractivity (Wildman–Crippen MR) is 120 cm³/mol. The second-order valence-electron chi connectivity index (χ2n) is 6.77. The van der Waals surface area contributed by atoms with Crippen LogP contribution in [-0.2, 0) is 11.2 Å². The second-order valence-corrected chi connectivity index (χ2v) is 8.03. The van der Waals surface area contributed by atoms with Gasteiger partial charge < -0.3 is 24.3 Å². The number of benzene rings is 2. The van der Waals surface area contributed by atoms with E-state index in [4.69, 9.17) is 30.5 Å². The zero-order valence-electron chi connectivity index (χ0n) is 17.1. The summed E-state index contributed by atoms with van der Waals surface area (Å²) in [5.74, 6) is 2.20. The molecule has 162 valence electrons. The number of carbonyl (C=O) groups is 1. The van der Waals surface area contributed by atoms with Crippen LogP contribution in [0, 0.1) is 0 Å². The lowest BCUT2D eigenvalue weighted by molar-refractivity contribution is -0.115. The highest BCUT2D eigenvalue weighted by Gasteiger charge is 2.17. The predicted octanol–water partition coefficient (Wildman–Crippen LogP) is 4.82. The molecule has 0 fully saturated rings. The topological polar surface area (TPSA) is 78.9 Å². The lowest BCUT2D eigenvalue weighted by Crippen LogP contribution is -2.15. The summed E-state index contributed by atoms with van der Waals surface area (Å²) < 4.78 is 21.9. The van der Waals surface area contributed by atoms with E-state index in [9.17, 15) is 4.79 Å². The van der Waals surface area contributed by atoms with Gasteiger partial charge in [-0.2, -0.15) is 0 Å². The van der Waals surface area contributed by atoms with Crippen molar-refractivity contribution in [3.8, 4) is 33.6 Å². The third-order valence-corrected chi connectivity index (χ3v) is 5.89. The van der Waals surface area contributed by atoms with Gasteiger partial charge >= 0.3 is 0 Å². The molecule has 0 radical (unpaired) electrons. The van der Waals surface area contributed by atoms with Crippen molar-refractivity contribution in [1.82, 2.24) is 4.98 Å². The molecule has 2 heterocycles. The lowest BCUT2D eigenvalue weighted by atomic mass is 10.2. The monoisotopic (exact) mass is 460 g/mol. The number of rotatable bonds is 6. The van der Waals surface area contributed by atoms with Gasteiger partial charge in [-0.05, 0) is 18.2 Å². The van der Waals surface area contributed by atoms with E-state index in [1.165, 1.54) is 11.3 Å². The fourth-order valence-electron chi connectivity index (χ4n) is 3.13. The molecule has 9 heteroatoms. The van der Waals surface area contributed by atoms with Gasteiger partial charge in [-0.1, -0.05) is 11.6 Å². The SMILES string of the molecule is COc1ccc(-c2nc(CC(=O)Nc3cc4c(cc3Cl)OCCCO4)cs2)cc1OC. The Morgan fingerprint density at radius 2 is 1.87 bits per heavy atom. The number of nitrogens with one attached hydrogen (secondary N) is 1. The van der Waals surface area contributed by atoms with Crippen molar-refractivity contribution >= 4 is 34.5 Å². The third-order valence-electron chi connectivity index (χ3n) is 4.64. The minimum Gasteiger partial charge on any atom is -0.493 e. The summed E-state index contributed by atoms with van der Waals surface area (Å²) in [6.45, 7) is 1.13. The number of anilines is 1. The van der Waals surface area contributed by atoms with Crippen molar-refractivity contribution < 1.29 is 23.7 Å². The summed E-state index contributed by atoms with van der Waals surface area (Å²) >= 11 is 7.77. The molecule has 1 aliphatic heterocycles. The Balaban J connectivity index is 1.46. The molecule has 7 nitrogen and oxygen atoms in total. The van der Waals surface area contributed by atoms with E-state index in [1.54, 1.807) is 26.4 Å². The number of thiazole rings is 1. The number of fused-ring (bicyclic) bond motifs is 1. The number of hydrogen-bond donors (Lipinski definition) is 1. The van der Waals surface area contributed by atoms with Gasteiger partial charge in [0.15, 0.2) is 23.0 Å². The Hall–Kier alpha value is -2.97. The summed E-state index contributed by atoms with van der Waals surface area (Å²) in [6, 6.07) is 8.95. The van der Waals surface area contributed by atoms with Crippen LogP contribution in [0.2, 0.25) is 5.02 Å². The summed E-state index contributed by atoms with van der Waals surface area (Å²) in [6.07, 6.45) is 0.911. The zero-order chi connectivity index (χ0) is 21.8. The Morgan fingerprint density at radius 1 is 1.13 bits per heavy atom. The molecule has 0 aliphatic carbocycles. The second kappa shape index (κ2) is 9.45. The van der Waals surface area contributed by atoms with E-state index in [0.717, 1.165) is 17.0 Å². The molecule has 1 aliphatic rings. The molecule has 4 rings (SSSR count). The number of aromatic nitrogens is 1. The highest BCUT2D eigenvalue weighted by Crippen LogP contribution is 2.38. The minimum absolute atomic E-state index is 0.120. The molecule has 0 bridgehead atoms. The quantitative estimate of drug-likeness (QED) is 0.568. The molecule has 1 N–H and O–H groups in total. The summed E-state index contributed by atoms with van der Waals surface area (Å²) in [4.78, 5) is 17.2. The van der Waals surface area contributed by atoms with E-state index in [1.807, 2.05) is 23.6 Å². The molecular formula is C22H21ClN2O5S. The smallest absolute Gasteiger partial charge is 0.230 e. The van der Waals surface area contributed by atoms with Gasteiger partial charge in [-0.3, -0.25) is 4.79 Å². The number of methoxy groups -OCH3 is 2. The maximum Gasteiger partial charge on any atom is 0.230 e. The Morgan fingerprint density at radius 3 is 2.61 bits per heavy atom. The highest BCUT2D eigenvalue weighted by atomic mass is 35.5. The van der Waals surface area contributed by atoms with Crippen LogP contribution in [0.5, 0.6) is 23.0 Å². The van der Waals surface area contributed by atoms with Crippen molar-refractivity contribution in [2.24, 2.45) is 0 Å². The number of nitrogens with zero attached hydrogens (tertiary/aromatic N) is 1. The molecular weight excluding hydrogens is 440 g/mol. The van der Waals surface area contributed by atoms with Crippen LogP contribution in [-0.4, -0.2) is 38.3 Å². The molecule has 0 unspecified atom stereocenters. The van der Waals surface area contributed by atoms with Gasteiger partial charge in [0, 0.05) is 29.5 Å². The van der Waals surface area contributed by atoms with Crippen LogP contribution in [0.3, 0.4) is 0 Å². The molecule has 0 saturated heterocycles. The summed E-state index contributed by atoms with van der Waals surface area (Å²) in [5.41, 5.74) is 2.03. The van der Waals surface area contributed by atoms with Gasteiger partial charge in [0.25, 0.3) is 0 Å². The van der Waals surface area contributed by atoms with Crippen LogP contribution in [0.25, 0.3) is 10.6 Å². The van der Waals surface area contributed by atoms with Crippen LogP contribution in [0.1, 0.15) is 12.1 Å². The van der Waals surface area contributed by atoms with E-state index < -0.39 is 0 Å². The van der Waals surface area contributed by atoms with E-state index in [2.05, 4.69) is 10.3 Å². The van der Waals surface area contributed by atoms with Crippen molar-refractivity contribution in [2.75, 3.05) is 32.8 Å². The molecule has 31 heavy (non-hydrogen) atoms. The first-order valence-corrected chi connectivity index (χ1v) is 10.9. The molecule has 1 aromatic heterocycles. The molecule has 2 aromatic carbocycles. The largest absolute Gasteiger partial charge is 0.493 e. The van der Waals surface area contributed by atoms with Gasteiger partial charge in [0.2, 0.25) is 5.91 Å². The average molecular weight is 461 g/mol. The van der Waals surface area contributed by atoms with Crippen molar-refractivity contribution in [1.29, 1.82) is 0 Å². The lowest BCUT2D eigenvalue weighted by Gasteiger charge is -2.12. The van der Waals surface area contributed by atoms with Crippen molar-refractivity contribution in [2.45, 2.75) is 12.8 Å². The standard InChI is InChI=1S/C22H21ClN2O5S/c1-27-17-5-4-13(8-18(17)28-2)22-24-14(12-31-22)9-21(26)25-16-11-20-19(10-15(16)23)29-6-3-7-30-20/h4-5,8,10-12H,3,6-7,9H2,1-2H3,(H,25,26). The van der Waals surface area contributed by atoms with Gasteiger partial charge in [-0.15, -0.1) is 11.3 Å². The average Bonchev–Trinajstić information content (AvgIpc) is 3.11. The van der Waals surface area contributed by atoms with Crippen LogP contribution < -0.4 is 24.3 Å². The fourth-order valence-corrected chi connectivity index (χ4v) is 4.15. The zero-order valence-corrected chi connectivity index (χ0v) is 18.6. The Bertz CT molecular complexity index is 1100. The van der Waals surface area contributed by atoms with Crippen LogP contribution >= 0.6 is 22.9 Å². The van der Waals surface area contributed by atoms with Gasteiger partial charge in [0.1, 0.15) is 5.01 Å². The first kappa shape index (κ1) is 21.3. The molecule has 0 atom stereocenters. The molecule has 0 spiro atoms. The molecule has 0 saturated carbocycles. The Kier molecular flexibility index (Phi) is 6.48. The van der Waals surface area contributed by atoms with E-state index in [-0.39, 0.29) is 12.3 Å². The number of amides is 1. The third kappa shape index (κ3) is 4.86.